The Bertz CT molecular complexity index is 835. The van der Waals surface area contributed by atoms with Crippen LogP contribution in [0.5, 0.6) is 5.75 Å². The van der Waals surface area contributed by atoms with Crippen LogP contribution in [-0.2, 0) is 14.8 Å². The molecule has 2 rings (SSSR count). The molecule has 2 aromatic carbocycles. The molecule has 1 amide bonds. The first kappa shape index (κ1) is 18.8. The summed E-state index contributed by atoms with van der Waals surface area (Å²) in [7, 11) is -2.37. The maximum Gasteiger partial charge on any atom is 0.264 e. The zero-order valence-electron chi connectivity index (χ0n) is 14.5. The van der Waals surface area contributed by atoms with E-state index in [1.807, 2.05) is 0 Å². The molecule has 134 valence electrons. The molecule has 0 bridgehead atoms. The van der Waals surface area contributed by atoms with Crippen LogP contribution in [0.4, 0.5) is 5.69 Å². The fourth-order valence-electron chi connectivity index (χ4n) is 2.43. The summed E-state index contributed by atoms with van der Waals surface area (Å²) in [5.41, 5.74) is 1.14. The van der Waals surface area contributed by atoms with Gasteiger partial charge in [0.1, 0.15) is 12.3 Å². The highest BCUT2D eigenvalue weighted by atomic mass is 32.2. The van der Waals surface area contributed by atoms with Gasteiger partial charge in [-0.2, -0.15) is 0 Å². The molecule has 7 heteroatoms. The molecular formula is C18H22N2O4S. The summed E-state index contributed by atoms with van der Waals surface area (Å²) in [6.07, 6.45) is 0. The van der Waals surface area contributed by atoms with Crippen LogP contribution in [0.25, 0.3) is 0 Å². The van der Waals surface area contributed by atoms with E-state index in [0.29, 0.717) is 23.5 Å². The third-order valence-corrected chi connectivity index (χ3v) is 5.43. The van der Waals surface area contributed by atoms with Gasteiger partial charge in [0.05, 0.1) is 17.7 Å². The molecule has 25 heavy (non-hydrogen) atoms. The molecule has 2 aromatic rings. The van der Waals surface area contributed by atoms with Crippen molar-refractivity contribution in [3.8, 4) is 5.75 Å². The molecule has 0 unspecified atom stereocenters. The Kier molecular flexibility index (Phi) is 6.03. The van der Waals surface area contributed by atoms with Crippen LogP contribution in [0, 0.1) is 6.92 Å². The molecule has 0 aliphatic rings. The molecule has 0 aromatic heterocycles. The topological polar surface area (TPSA) is 75.7 Å². The van der Waals surface area contributed by atoms with Gasteiger partial charge in [-0.05, 0) is 49.7 Å². The van der Waals surface area contributed by atoms with Gasteiger partial charge in [0.15, 0.2) is 0 Å². The van der Waals surface area contributed by atoms with Crippen molar-refractivity contribution in [3.63, 3.8) is 0 Å². The molecule has 0 fully saturated rings. The van der Waals surface area contributed by atoms with Crippen molar-refractivity contribution in [2.75, 3.05) is 24.5 Å². The smallest absolute Gasteiger partial charge is 0.264 e. The van der Waals surface area contributed by atoms with Crippen LogP contribution >= 0.6 is 0 Å². The highest BCUT2D eigenvalue weighted by molar-refractivity contribution is 7.92. The minimum Gasteiger partial charge on any atom is -0.496 e. The summed E-state index contributed by atoms with van der Waals surface area (Å²) in [5, 5.41) is 2.63. The Hall–Kier alpha value is -2.54. The SMILES string of the molecule is CCNC(=O)CN(c1ccccc1)S(=O)(=O)c1ccc(OC)c(C)c1. The van der Waals surface area contributed by atoms with E-state index < -0.39 is 10.0 Å². The maximum absolute atomic E-state index is 13.1. The second kappa shape index (κ2) is 8.02. The van der Waals surface area contributed by atoms with Crippen LogP contribution in [0.15, 0.2) is 53.4 Å². The fourth-order valence-corrected chi connectivity index (χ4v) is 3.94. The van der Waals surface area contributed by atoms with E-state index in [1.54, 1.807) is 56.3 Å². The number of benzene rings is 2. The summed E-state index contributed by atoms with van der Waals surface area (Å²) < 4.78 is 32.6. The summed E-state index contributed by atoms with van der Waals surface area (Å²) in [4.78, 5) is 12.1. The number of methoxy groups -OCH3 is 1. The summed E-state index contributed by atoms with van der Waals surface area (Å²) in [6, 6.07) is 13.2. The van der Waals surface area contributed by atoms with Gasteiger partial charge in [-0.3, -0.25) is 9.10 Å². The number of carbonyl (C=O) groups is 1. The van der Waals surface area contributed by atoms with Crippen molar-refractivity contribution < 1.29 is 17.9 Å². The Morgan fingerprint density at radius 1 is 1.16 bits per heavy atom. The molecule has 1 N–H and O–H groups in total. The average molecular weight is 362 g/mol. The second-order valence-electron chi connectivity index (χ2n) is 5.43. The van der Waals surface area contributed by atoms with Gasteiger partial charge >= 0.3 is 0 Å². The lowest BCUT2D eigenvalue weighted by molar-refractivity contribution is -0.119. The average Bonchev–Trinajstić information content (AvgIpc) is 2.60. The third-order valence-electron chi connectivity index (χ3n) is 3.66. The van der Waals surface area contributed by atoms with E-state index in [9.17, 15) is 13.2 Å². The molecule has 0 saturated carbocycles. The normalized spacial score (nSPS) is 11.0. The van der Waals surface area contributed by atoms with E-state index in [0.717, 1.165) is 4.31 Å². The zero-order valence-corrected chi connectivity index (χ0v) is 15.3. The van der Waals surface area contributed by atoms with E-state index in [1.165, 1.54) is 13.2 Å². The van der Waals surface area contributed by atoms with Gasteiger partial charge in [-0.25, -0.2) is 8.42 Å². The van der Waals surface area contributed by atoms with Gasteiger partial charge < -0.3 is 10.1 Å². The molecule has 0 atom stereocenters. The Morgan fingerprint density at radius 2 is 1.84 bits per heavy atom. The number of carbonyl (C=O) groups excluding carboxylic acids is 1. The van der Waals surface area contributed by atoms with Crippen molar-refractivity contribution in [3.05, 3.63) is 54.1 Å². The number of sulfonamides is 1. The Balaban J connectivity index is 2.47. The minimum atomic E-state index is -3.90. The molecule has 0 radical (unpaired) electrons. The number of aryl methyl sites for hydroxylation is 1. The molecule has 6 nitrogen and oxygen atoms in total. The Morgan fingerprint density at radius 3 is 2.40 bits per heavy atom. The second-order valence-corrected chi connectivity index (χ2v) is 7.29. The standard InChI is InChI=1S/C18H22N2O4S/c1-4-19-18(21)13-20(15-8-6-5-7-9-15)25(22,23)16-10-11-17(24-3)14(2)12-16/h5-12H,4,13H2,1-3H3,(H,19,21). The van der Waals surface area contributed by atoms with Crippen LogP contribution in [0.3, 0.4) is 0 Å². The molecule has 0 aliphatic heterocycles. The number of amides is 1. The van der Waals surface area contributed by atoms with Crippen molar-refractivity contribution in [1.82, 2.24) is 5.32 Å². The maximum atomic E-state index is 13.1. The van der Waals surface area contributed by atoms with Gasteiger partial charge in [-0.15, -0.1) is 0 Å². The van der Waals surface area contributed by atoms with E-state index in [2.05, 4.69) is 5.32 Å². The third kappa shape index (κ3) is 4.30. The number of hydrogen-bond donors (Lipinski definition) is 1. The quantitative estimate of drug-likeness (QED) is 0.820. The lowest BCUT2D eigenvalue weighted by Crippen LogP contribution is -2.40. The first-order valence-electron chi connectivity index (χ1n) is 7.89. The first-order chi connectivity index (χ1) is 11.9. The number of rotatable bonds is 7. The Labute approximate surface area is 148 Å². The first-order valence-corrected chi connectivity index (χ1v) is 9.33. The lowest BCUT2D eigenvalue weighted by Gasteiger charge is -2.24. The number of hydrogen-bond acceptors (Lipinski definition) is 4. The zero-order chi connectivity index (χ0) is 18.4. The highest BCUT2D eigenvalue weighted by Crippen LogP contribution is 2.27. The number of anilines is 1. The van der Waals surface area contributed by atoms with E-state index >= 15 is 0 Å². The number of nitrogens with one attached hydrogen (secondary N) is 1. The fraction of sp³-hybridized carbons (Fsp3) is 0.278. The van der Waals surface area contributed by atoms with Crippen molar-refractivity contribution in [2.24, 2.45) is 0 Å². The molecule has 0 heterocycles. The number of ether oxygens (including phenoxy) is 1. The summed E-state index contributed by atoms with van der Waals surface area (Å²) >= 11 is 0. The lowest BCUT2D eigenvalue weighted by atomic mass is 10.2. The monoisotopic (exact) mass is 362 g/mol. The van der Waals surface area contributed by atoms with Crippen LogP contribution in [-0.4, -0.2) is 34.5 Å². The van der Waals surface area contributed by atoms with E-state index in [4.69, 9.17) is 4.74 Å². The van der Waals surface area contributed by atoms with Gasteiger partial charge in [0.2, 0.25) is 5.91 Å². The van der Waals surface area contributed by atoms with Crippen LogP contribution in [0.2, 0.25) is 0 Å². The van der Waals surface area contributed by atoms with Crippen LogP contribution < -0.4 is 14.4 Å². The number of nitrogens with zero attached hydrogens (tertiary/aromatic N) is 1. The number of likely N-dealkylation sites (N-methyl/N-ethyl adjacent to an activating group) is 1. The predicted molar refractivity (Wildman–Crippen MR) is 97.4 cm³/mol. The molecule has 0 spiro atoms. The predicted octanol–water partition coefficient (Wildman–Crippen LogP) is 2.34. The van der Waals surface area contributed by atoms with Crippen molar-refractivity contribution >= 4 is 21.6 Å². The molecule has 0 aliphatic carbocycles. The van der Waals surface area contributed by atoms with Gasteiger partial charge in [0, 0.05) is 6.54 Å². The molecular weight excluding hydrogens is 340 g/mol. The van der Waals surface area contributed by atoms with Crippen molar-refractivity contribution in [2.45, 2.75) is 18.7 Å². The molecule has 0 saturated heterocycles. The van der Waals surface area contributed by atoms with Crippen molar-refractivity contribution in [1.29, 1.82) is 0 Å². The minimum absolute atomic E-state index is 0.110. The summed E-state index contributed by atoms with van der Waals surface area (Å²) in [6.45, 7) is 3.70. The largest absolute Gasteiger partial charge is 0.496 e. The number of para-hydroxylation sites is 1. The van der Waals surface area contributed by atoms with Gasteiger partial charge in [0.25, 0.3) is 10.0 Å². The van der Waals surface area contributed by atoms with Gasteiger partial charge in [-0.1, -0.05) is 18.2 Å². The van der Waals surface area contributed by atoms with E-state index in [-0.39, 0.29) is 17.3 Å². The summed E-state index contributed by atoms with van der Waals surface area (Å²) in [5.74, 6) is 0.245. The highest BCUT2D eigenvalue weighted by Gasteiger charge is 2.27. The van der Waals surface area contributed by atoms with Crippen LogP contribution in [0.1, 0.15) is 12.5 Å².